The van der Waals surface area contributed by atoms with Gasteiger partial charge in [-0.05, 0) is 6.08 Å². The quantitative estimate of drug-likeness (QED) is 0.432. The average Bonchev–Trinajstić information content (AvgIpc) is 2.60. The highest BCUT2D eigenvalue weighted by molar-refractivity contribution is 6.01. The van der Waals surface area contributed by atoms with Crippen LogP contribution in [0.3, 0.4) is 0 Å². The van der Waals surface area contributed by atoms with Crippen LogP contribution in [0.2, 0.25) is 0 Å². The van der Waals surface area contributed by atoms with Crippen molar-refractivity contribution in [3.63, 3.8) is 0 Å². The predicted molar refractivity (Wildman–Crippen MR) is 89.1 cm³/mol. The summed E-state index contributed by atoms with van der Waals surface area (Å²) in [5.74, 6) is -2.57. The number of quaternary nitrogens is 1. The molecule has 2 bridgehead atoms. The van der Waals surface area contributed by atoms with Crippen LogP contribution < -0.4 is 4.90 Å². The number of likely N-dealkylation sites (tertiary alicyclic amines) is 1. The van der Waals surface area contributed by atoms with E-state index < -0.39 is 44.8 Å². The third-order valence-corrected chi connectivity index (χ3v) is 5.44. The Bertz CT molecular complexity index is 823. The minimum atomic E-state index is -2.17. The van der Waals surface area contributed by atoms with Crippen LogP contribution in [0.4, 0.5) is 0 Å². The van der Waals surface area contributed by atoms with Gasteiger partial charge in [0.15, 0.2) is 18.9 Å². The normalized spacial score (nSPS) is 32.9. The summed E-state index contributed by atoms with van der Waals surface area (Å²) >= 11 is 0. The van der Waals surface area contributed by atoms with Gasteiger partial charge in [-0.15, -0.1) is 0 Å². The van der Waals surface area contributed by atoms with Crippen LogP contribution in [-0.4, -0.2) is 52.6 Å². The fourth-order valence-corrected chi connectivity index (χ4v) is 4.27. The number of likely N-dealkylation sites (N-methyl/N-ethyl adjacent to an activating group) is 1. The summed E-state index contributed by atoms with van der Waals surface area (Å²) in [5, 5.41) is 23.9. The summed E-state index contributed by atoms with van der Waals surface area (Å²) < 4.78 is 0. The number of ketones is 2. The van der Waals surface area contributed by atoms with Crippen molar-refractivity contribution in [3.8, 4) is 0 Å². The number of nitro groups is 2. The van der Waals surface area contributed by atoms with Crippen LogP contribution in [-0.2, 0) is 4.79 Å². The third kappa shape index (κ3) is 2.43. The molecule has 0 spiro atoms. The molecule has 4 unspecified atom stereocenters. The Labute approximate surface area is 148 Å². The molecule has 1 fully saturated rings. The van der Waals surface area contributed by atoms with Crippen molar-refractivity contribution in [2.45, 2.75) is 17.5 Å². The maximum absolute atomic E-state index is 12.7. The number of benzene rings is 1. The van der Waals surface area contributed by atoms with Crippen LogP contribution in [0.1, 0.15) is 16.8 Å². The molecule has 0 amide bonds. The number of Topliss-reactive ketones (excluding diaryl/α,β-unsaturated/α-hetero) is 1. The fraction of sp³-hybridized carbons (Fsp3) is 0.412. The van der Waals surface area contributed by atoms with Crippen molar-refractivity contribution < 1.29 is 24.3 Å². The number of rotatable bonds is 5. The van der Waals surface area contributed by atoms with Gasteiger partial charge < -0.3 is 4.90 Å². The minimum absolute atomic E-state index is 0.0217. The molecule has 9 heteroatoms. The second-order valence-electron chi connectivity index (χ2n) is 6.98. The molecule has 2 aliphatic rings. The van der Waals surface area contributed by atoms with Crippen LogP contribution in [0.5, 0.6) is 0 Å². The first kappa shape index (κ1) is 17.9. The summed E-state index contributed by atoms with van der Waals surface area (Å²) in [7, 11) is 1.58. The second-order valence-corrected chi connectivity index (χ2v) is 6.98. The molecule has 1 aliphatic heterocycles. The molecule has 1 heterocycles. The Morgan fingerprint density at radius 3 is 2.42 bits per heavy atom. The monoisotopic (exact) mass is 360 g/mol. The van der Waals surface area contributed by atoms with E-state index in [0.717, 1.165) is 12.2 Å². The van der Waals surface area contributed by atoms with E-state index in [1.807, 2.05) is 0 Å². The van der Waals surface area contributed by atoms with Crippen LogP contribution in [0, 0.1) is 26.1 Å². The lowest BCUT2D eigenvalue weighted by atomic mass is 9.60. The van der Waals surface area contributed by atoms with E-state index >= 15 is 0 Å². The molecule has 0 radical (unpaired) electrons. The van der Waals surface area contributed by atoms with E-state index in [1.165, 1.54) is 0 Å². The highest BCUT2D eigenvalue weighted by Crippen LogP contribution is 2.42. The first-order valence-corrected chi connectivity index (χ1v) is 8.16. The standard InChI is InChI=1S/C17H17N3O6/c1-18-10-16(19(23)24)8-7-15(22)17(11-18,20(25)26)14(16)9-13(21)12-5-3-2-4-6-12/h2-8,14H,9-11H2,1H3/p+1. The average molecular weight is 360 g/mol. The van der Waals surface area contributed by atoms with Crippen LogP contribution >= 0.6 is 0 Å². The molecule has 4 atom stereocenters. The minimum Gasteiger partial charge on any atom is -0.325 e. The second kappa shape index (κ2) is 6.10. The number of nitrogens with one attached hydrogen (secondary N) is 1. The van der Waals surface area contributed by atoms with Crippen molar-refractivity contribution in [1.29, 1.82) is 0 Å². The first-order chi connectivity index (χ1) is 12.2. The highest BCUT2D eigenvalue weighted by atomic mass is 16.6. The van der Waals surface area contributed by atoms with Crippen molar-refractivity contribution >= 4 is 11.6 Å². The number of carbonyl (C=O) groups is 2. The van der Waals surface area contributed by atoms with Gasteiger partial charge in [-0.2, -0.15) is 0 Å². The Hall–Kier alpha value is -2.94. The molecule has 26 heavy (non-hydrogen) atoms. The smallest absolute Gasteiger partial charge is 0.325 e. The summed E-state index contributed by atoms with van der Waals surface area (Å²) in [6, 6.07) is 8.10. The molecule has 3 rings (SSSR count). The van der Waals surface area contributed by atoms with E-state index in [1.54, 1.807) is 37.4 Å². The molecule has 1 saturated heterocycles. The molecule has 1 aliphatic carbocycles. The first-order valence-electron chi connectivity index (χ1n) is 8.16. The van der Waals surface area contributed by atoms with Crippen molar-refractivity contribution in [3.05, 3.63) is 68.3 Å². The van der Waals surface area contributed by atoms with Crippen molar-refractivity contribution in [2.24, 2.45) is 5.92 Å². The molecule has 0 aromatic heterocycles. The Balaban J connectivity index is 2.13. The number of piperidine rings is 1. The topological polar surface area (TPSA) is 125 Å². The zero-order valence-corrected chi connectivity index (χ0v) is 14.1. The fourth-order valence-electron chi connectivity index (χ4n) is 4.27. The molecule has 0 saturated carbocycles. The third-order valence-electron chi connectivity index (χ3n) is 5.44. The summed E-state index contributed by atoms with van der Waals surface area (Å²) in [4.78, 5) is 48.3. The van der Waals surface area contributed by atoms with Gasteiger partial charge in [0.2, 0.25) is 5.78 Å². The number of hydrogen-bond donors (Lipinski definition) is 1. The SMILES string of the molecule is C[NH+]1CC2([N+](=O)[O-])C=CC(=O)C([N+](=O)[O-])(C1)C2CC(=O)c1ccccc1. The predicted octanol–water partition coefficient (Wildman–Crippen LogP) is -0.426. The highest BCUT2D eigenvalue weighted by Gasteiger charge is 2.76. The lowest BCUT2D eigenvalue weighted by Crippen LogP contribution is -3.17. The maximum atomic E-state index is 12.7. The van der Waals surface area contributed by atoms with Gasteiger partial charge in [-0.3, -0.25) is 29.8 Å². The Morgan fingerprint density at radius 1 is 1.19 bits per heavy atom. The Morgan fingerprint density at radius 2 is 1.85 bits per heavy atom. The van der Waals surface area contributed by atoms with Crippen molar-refractivity contribution in [1.82, 2.24) is 0 Å². The van der Waals surface area contributed by atoms with E-state index in [2.05, 4.69) is 0 Å². The molecular weight excluding hydrogens is 342 g/mol. The van der Waals surface area contributed by atoms with E-state index in [-0.39, 0.29) is 13.1 Å². The summed E-state index contributed by atoms with van der Waals surface area (Å²) in [5.41, 5.74) is -3.69. The molecule has 1 aromatic rings. The van der Waals surface area contributed by atoms with E-state index in [4.69, 9.17) is 0 Å². The molecule has 1 aromatic carbocycles. The largest absolute Gasteiger partial charge is 0.340 e. The van der Waals surface area contributed by atoms with Gasteiger partial charge in [0.1, 0.15) is 5.92 Å². The Kier molecular flexibility index (Phi) is 4.19. The molecule has 9 nitrogen and oxygen atoms in total. The van der Waals surface area contributed by atoms with Gasteiger partial charge in [0, 0.05) is 27.9 Å². The summed E-state index contributed by atoms with van der Waals surface area (Å²) in [6.45, 7) is -0.211. The molecular formula is C17H18N3O6+. The van der Waals surface area contributed by atoms with Crippen molar-refractivity contribution in [2.75, 3.05) is 20.1 Å². The van der Waals surface area contributed by atoms with Gasteiger partial charge >= 0.3 is 5.54 Å². The lowest BCUT2D eigenvalue weighted by molar-refractivity contribution is -0.926. The van der Waals surface area contributed by atoms with E-state index in [0.29, 0.717) is 10.5 Å². The maximum Gasteiger partial charge on any atom is 0.340 e. The van der Waals surface area contributed by atoms with E-state index in [9.17, 15) is 29.8 Å². The number of nitrogens with zero attached hydrogens (tertiary/aromatic N) is 2. The van der Waals surface area contributed by atoms with Crippen LogP contribution in [0.15, 0.2) is 42.5 Å². The van der Waals surface area contributed by atoms with Gasteiger partial charge in [-0.25, -0.2) is 0 Å². The van der Waals surface area contributed by atoms with Gasteiger partial charge in [0.25, 0.3) is 5.54 Å². The number of hydrogen-bond acceptors (Lipinski definition) is 6. The van der Waals surface area contributed by atoms with Gasteiger partial charge in [0.05, 0.1) is 7.05 Å². The van der Waals surface area contributed by atoms with Gasteiger partial charge in [-0.1, -0.05) is 30.3 Å². The van der Waals surface area contributed by atoms with Crippen LogP contribution in [0.25, 0.3) is 0 Å². The zero-order valence-electron chi connectivity index (χ0n) is 14.1. The number of fused-ring (bicyclic) bond motifs is 2. The summed E-state index contributed by atoms with van der Waals surface area (Å²) in [6.07, 6.45) is 1.65. The lowest BCUT2D eigenvalue weighted by Gasteiger charge is -2.44. The molecule has 1 N–H and O–H groups in total. The number of carbonyl (C=O) groups excluding carboxylic acids is 2. The zero-order chi connectivity index (χ0) is 19.1. The molecule has 136 valence electrons.